The van der Waals surface area contributed by atoms with Gasteiger partial charge < -0.3 is 9.64 Å². The number of likely N-dealkylation sites (tertiary alicyclic amines) is 1. The molecule has 0 saturated carbocycles. The van der Waals surface area contributed by atoms with E-state index in [2.05, 4.69) is 18.6 Å². The van der Waals surface area contributed by atoms with Gasteiger partial charge in [0.2, 0.25) is 10.0 Å². The predicted molar refractivity (Wildman–Crippen MR) is 117 cm³/mol. The van der Waals surface area contributed by atoms with E-state index in [0.717, 1.165) is 12.2 Å². The lowest BCUT2D eigenvalue weighted by molar-refractivity contribution is 0.0711. The van der Waals surface area contributed by atoms with E-state index in [1.54, 1.807) is 47.4 Å². The first-order valence-corrected chi connectivity index (χ1v) is 11.9. The lowest BCUT2D eigenvalue weighted by atomic mass is 10.0. The van der Waals surface area contributed by atoms with Crippen molar-refractivity contribution in [2.24, 2.45) is 5.92 Å². The van der Waals surface area contributed by atoms with Crippen molar-refractivity contribution < 1.29 is 17.9 Å². The van der Waals surface area contributed by atoms with Crippen molar-refractivity contribution in [1.29, 1.82) is 0 Å². The molecule has 1 heterocycles. The molecule has 7 heteroatoms. The third-order valence-electron chi connectivity index (χ3n) is 5.22. The maximum Gasteiger partial charge on any atom is 0.253 e. The Balaban J connectivity index is 1.50. The average Bonchev–Trinajstić information content (AvgIpc) is 2.74. The molecule has 0 bridgehead atoms. The van der Waals surface area contributed by atoms with Gasteiger partial charge in [-0.05, 0) is 61.6 Å². The summed E-state index contributed by atoms with van der Waals surface area (Å²) in [7, 11) is -3.54. The number of piperidine rings is 1. The fraction of sp³-hybridized carbons (Fsp3) is 0.435. The van der Waals surface area contributed by atoms with Gasteiger partial charge in [-0.25, -0.2) is 13.1 Å². The molecule has 1 saturated heterocycles. The van der Waals surface area contributed by atoms with Crippen LogP contribution in [-0.2, 0) is 10.0 Å². The van der Waals surface area contributed by atoms with Crippen LogP contribution in [0.5, 0.6) is 5.75 Å². The molecule has 6 nitrogen and oxygen atoms in total. The molecule has 2 aromatic carbocycles. The van der Waals surface area contributed by atoms with Crippen LogP contribution in [0.2, 0.25) is 0 Å². The number of hydrogen-bond donors (Lipinski definition) is 1. The Morgan fingerprint density at radius 3 is 2.30 bits per heavy atom. The van der Waals surface area contributed by atoms with E-state index in [1.165, 1.54) is 0 Å². The first kappa shape index (κ1) is 22.3. The van der Waals surface area contributed by atoms with Gasteiger partial charge in [0.05, 0.1) is 11.5 Å². The van der Waals surface area contributed by atoms with Gasteiger partial charge in [0.25, 0.3) is 5.91 Å². The van der Waals surface area contributed by atoms with Crippen LogP contribution < -0.4 is 9.46 Å². The quantitative estimate of drug-likeness (QED) is 0.693. The minimum Gasteiger partial charge on any atom is -0.494 e. The van der Waals surface area contributed by atoms with E-state index in [1.807, 2.05) is 12.1 Å². The second-order valence-electron chi connectivity index (χ2n) is 8.06. The van der Waals surface area contributed by atoms with Crippen LogP contribution in [0.4, 0.5) is 0 Å². The van der Waals surface area contributed by atoms with Crippen LogP contribution in [0.1, 0.15) is 43.5 Å². The van der Waals surface area contributed by atoms with Crippen LogP contribution in [0.25, 0.3) is 0 Å². The Morgan fingerprint density at radius 2 is 1.70 bits per heavy atom. The highest BCUT2D eigenvalue weighted by molar-refractivity contribution is 7.89. The van der Waals surface area contributed by atoms with Crippen LogP contribution in [-0.4, -0.2) is 45.0 Å². The highest BCUT2D eigenvalue weighted by Gasteiger charge is 2.27. The molecule has 1 aliphatic heterocycles. The summed E-state index contributed by atoms with van der Waals surface area (Å²) in [5.74, 6) is 1.32. The second-order valence-corrected chi connectivity index (χ2v) is 9.77. The summed E-state index contributed by atoms with van der Waals surface area (Å²) in [4.78, 5) is 14.8. The largest absolute Gasteiger partial charge is 0.494 e. The molecular weight excluding hydrogens is 400 g/mol. The molecule has 0 atom stereocenters. The van der Waals surface area contributed by atoms with Crippen molar-refractivity contribution in [1.82, 2.24) is 9.62 Å². The molecule has 30 heavy (non-hydrogen) atoms. The zero-order valence-corrected chi connectivity index (χ0v) is 18.4. The number of hydrogen-bond acceptors (Lipinski definition) is 4. The van der Waals surface area contributed by atoms with E-state index < -0.39 is 10.0 Å². The molecule has 0 unspecified atom stereocenters. The van der Waals surface area contributed by atoms with Crippen molar-refractivity contribution >= 4 is 15.9 Å². The number of nitrogens with zero attached hydrogens (tertiary/aromatic N) is 1. The Labute approximate surface area is 179 Å². The summed E-state index contributed by atoms with van der Waals surface area (Å²) >= 11 is 0. The summed E-state index contributed by atoms with van der Waals surface area (Å²) in [6, 6.07) is 15.4. The minimum absolute atomic E-state index is 0.0342. The van der Waals surface area contributed by atoms with E-state index in [4.69, 9.17) is 4.74 Å². The van der Waals surface area contributed by atoms with Gasteiger partial charge in [-0.1, -0.05) is 32.0 Å². The van der Waals surface area contributed by atoms with Gasteiger partial charge >= 0.3 is 0 Å². The molecule has 0 spiro atoms. The predicted octanol–water partition coefficient (Wildman–Crippen LogP) is 3.69. The number of carbonyl (C=O) groups is 1. The fourth-order valence-corrected chi connectivity index (χ4v) is 4.70. The topological polar surface area (TPSA) is 75.7 Å². The van der Waals surface area contributed by atoms with Crippen LogP contribution in [0, 0.1) is 5.92 Å². The number of carbonyl (C=O) groups excluding carboxylic acids is 1. The number of sulfonamides is 1. The molecule has 1 aliphatic rings. The van der Waals surface area contributed by atoms with Gasteiger partial charge in [0.15, 0.2) is 0 Å². The highest BCUT2D eigenvalue weighted by Crippen LogP contribution is 2.19. The van der Waals surface area contributed by atoms with E-state index in [-0.39, 0.29) is 16.8 Å². The number of nitrogens with one attached hydrogen (secondary N) is 1. The molecule has 0 aromatic heterocycles. The number of rotatable bonds is 8. The van der Waals surface area contributed by atoms with Gasteiger partial charge in [-0.2, -0.15) is 0 Å². The molecule has 3 rings (SSSR count). The second kappa shape index (κ2) is 10.1. The number of amides is 1. The molecule has 1 amide bonds. The molecule has 0 aliphatic carbocycles. The van der Waals surface area contributed by atoms with Gasteiger partial charge in [-0.3, -0.25) is 4.79 Å². The Kier molecular flexibility index (Phi) is 7.50. The van der Waals surface area contributed by atoms with Crippen LogP contribution in [0.15, 0.2) is 59.5 Å². The number of benzene rings is 2. The summed E-state index contributed by atoms with van der Waals surface area (Å²) < 4.78 is 33.4. The zero-order chi connectivity index (χ0) is 21.6. The normalized spacial score (nSPS) is 15.4. The molecule has 2 aromatic rings. The van der Waals surface area contributed by atoms with Crippen LogP contribution in [0.3, 0.4) is 0 Å². The summed E-state index contributed by atoms with van der Waals surface area (Å²) in [5, 5.41) is 0. The molecule has 1 N–H and O–H groups in total. The first-order chi connectivity index (χ1) is 14.3. The molecule has 1 fully saturated rings. The summed E-state index contributed by atoms with van der Waals surface area (Å²) in [5.41, 5.74) is 0.620. The summed E-state index contributed by atoms with van der Waals surface area (Å²) in [6.45, 7) is 6.01. The number of ether oxygens (including phenoxy) is 1. The van der Waals surface area contributed by atoms with Crippen molar-refractivity contribution in [3.8, 4) is 5.75 Å². The monoisotopic (exact) mass is 430 g/mol. The third kappa shape index (κ3) is 6.06. The van der Waals surface area contributed by atoms with Crippen molar-refractivity contribution in [3.63, 3.8) is 0 Å². The van der Waals surface area contributed by atoms with Gasteiger partial charge in [0, 0.05) is 24.7 Å². The van der Waals surface area contributed by atoms with E-state index in [9.17, 15) is 13.2 Å². The SMILES string of the molecule is CC(C)CCOc1ccc(C(=O)N2CCC(NS(=O)(=O)c3ccccc3)CC2)cc1. The summed E-state index contributed by atoms with van der Waals surface area (Å²) in [6.07, 6.45) is 2.17. The Morgan fingerprint density at radius 1 is 1.07 bits per heavy atom. The van der Waals surface area contributed by atoms with E-state index in [0.29, 0.717) is 44.0 Å². The standard InChI is InChI=1S/C23H30N2O4S/c1-18(2)14-17-29-21-10-8-19(9-11-21)23(26)25-15-12-20(13-16-25)24-30(27,28)22-6-4-3-5-7-22/h3-11,18,20,24H,12-17H2,1-2H3. The van der Waals surface area contributed by atoms with Gasteiger partial charge in [-0.15, -0.1) is 0 Å². The van der Waals surface area contributed by atoms with E-state index >= 15 is 0 Å². The average molecular weight is 431 g/mol. The molecule has 162 valence electrons. The Hall–Kier alpha value is -2.38. The van der Waals surface area contributed by atoms with Crippen molar-refractivity contribution in [2.75, 3.05) is 19.7 Å². The highest BCUT2D eigenvalue weighted by atomic mass is 32.2. The lowest BCUT2D eigenvalue weighted by Crippen LogP contribution is -2.46. The third-order valence-corrected chi connectivity index (χ3v) is 6.76. The first-order valence-electron chi connectivity index (χ1n) is 10.4. The van der Waals surface area contributed by atoms with Crippen molar-refractivity contribution in [2.45, 2.75) is 44.0 Å². The van der Waals surface area contributed by atoms with Crippen molar-refractivity contribution in [3.05, 3.63) is 60.2 Å². The Bertz CT molecular complexity index is 919. The fourth-order valence-electron chi connectivity index (χ4n) is 3.38. The zero-order valence-electron chi connectivity index (χ0n) is 17.6. The minimum atomic E-state index is -3.54. The molecule has 0 radical (unpaired) electrons. The van der Waals surface area contributed by atoms with Crippen LogP contribution >= 0.6 is 0 Å². The van der Waals surface area contributed by atoms with Gasteiger partial charge in [0.1, 0.15) is 5.75 Å². The smallest absolute Gasteiger partial charge is 0.253 e. The lowest BCUT2D eigenvalue weighted by Gasteiger charge is -2.32. The molecular formula is C23H30N2O4S. The maximum absolute atomic E-state index is 12.8. The maximum atomic E-state index is 12.8.